The molecule has 6 N–H and O–H groups in total. The summed E-state index contributed by atoms with van der Waals surface area (Å²) in [4.78, 5) is 47.3. The molecule has 3 rings (SSSR count). The summed E-state index contributed by atoms with van der Waals surface area (Å²) >= 11 is 4.11. The van der Waals surface area contributed by atoms with Crippen LogP contribution in [-0.2, 0) is 20.8 Å². The molecular weight excluding hydrogens is 502 g/mol. The fourth-order valence-corrected chi connectivity index (χ4v) is 4.28. The van der Waals surface area contributed by atoms with E-state index in [1.807, 2.05) is 36.5 Å². The summed E-state index contributed by atoms with van der Waals surface area (Å²) in [6.07, 6.45) is 7.20. The smallest absolute Gasteiger partial charge is 0.242 e. The number of nitrogens with two attached hydrogens (primary N) is 1. The van der Waals surface area contributed by atoms with Crippen LogP contribution in [0, 0.1) is 0 Å². The zero-order valence-electron chi connectivity index (χ0n) is 21.5. The minimum Gasteiger partial charge on any atom is -0.375 e. The van der Waals surface area contributed by atoms with E-state index in [0.717, 1.165) is 22.2 Å². The van der Waals surface area contributed by atoms with E-state index in [4.69, 9.17) is 5.73 Å². The van der Waals surface area contributed by atoms with Crippen LogP contribution in [0.2, 0.25) is 0 Å². The van der Waals surface area contributed by atoms with E-state index in [1.165, 1.54) is 0 Å². The molecule has 3 aromatic rings. The first-order valence-electron chi connectivity index (χ1n) is 12.8. The summed E-state index contributed by atoms with van der Waals surface area (Å²) in [5.74, 6) is -0.155. The first-order valence-corrected chi connectivity index (χ1v) is 13.5. The molecule has 11 heteroatoms. The van der Waals surface area contributed by atoms with Crippen molar-refractivity contribution >= 4 is 46.9 Å². The quantitative estimate of drug-likeness (QED) is 0.153. The summed E-state index contributed by atoms with van der Waals surface area (Å²) in [6.45, 7) is 1.18. The SMILES string of the molecule is NCCCC(CC(=O)NCCS)NC(=O)CN(CCc1c[nH]c2ccccc12)C(=O)CNc1cccnc1. The Morgan fingerprint density at radius 1 is 1.13 bits per heavy atom. The lowest BCUT2D eigenvalue weighted by atomic mass is 10.1. The summed E-state index contributed by atoms with van der Waals surface area (Å²) in [7, 11) is 0. The molecule has 0 fully saturated rings. The van der Waals surface area contributed by atoms with Gasteiger partial charge in [-0.25, -0.2) is 0 Å². The Kier molecular flexibility index (Phi) is 11.9. The van der Waals surface area contributed by atoms with Crippen LogP contribution >= 0.6 is 12.6 Å². The van der Waals surface area contributed by atoms with E-state index in [-0.39, 0.29) is 43.3 Å². The highest BCUT2D eigenvalue weighted by atomic mass is 32.1. The number of carbonyl (C=O) groups excluding carboxylic acids is 3. The monoisotopic (exact) mass is 539 g/mol. The summed E-state index contributed by atoms with van der Waals surface area (Å²) in [5, 5.41) is 9.87. The molecule has 1 unspecified atom stereocenters. The van der Waals surface area contributed by atoms with Gasteiger partial charge < -0.3 is 31.6 Å². The van der Waals surface area contributed by atoms with E-state index in [0.29, 0.717) is 44.6 Å². The third kappa shape index (κ3) is 9.38. The van der Waals surface area contributed by atoms with Gasteiger partial charge in [-0.1, -0.05) is 18.2 Å². The lowest BCUT2D eigenvalue weighted by Gasteiger charge is -2.25. The first-order chi connectivity index (χ1) is 18.5. The molecule has 0 saturated heterocycles. The van der Waals surface area contributed by atoms with Crippen molar-refractivity contribution in [2.75, 3.05) is 43.8 Å². The summed E-state index contributed by atoms with van der Waals surface area (Å²) < 4.78 is 0. The number of carbonyl (C=O) groups is 3. The van der Waals surface area contributed by atoms with Crippen molar-refractivity contribution in [1.82, 2.24) is 25.5 Å². The first kappa shape index (κ1) is 29.0. The molecule has 204 valence electrons. The third-order valence-electron chi connectivity index (χ3n) is 6.11. The summed E-state index contributed by atoms with van der Waals surface area (Å²) in [5.41, 5.74) is 8.47. The molecule has 38 heavy (non-hydrogen) atoms. The van der Waals surface area contributed by atoms with Gasteiger partial charge >= 0.3 is 0 Å². The van der Waals surface area contributed by atoms with Crippen LogP contribution in [0.25, 0.3) is 10.9 Å². The normalized spacial score (nSPS) is 11.6. The number of H-pyrrole nitrogens is 1. The Hall–Kier alpha value is -3.57. The van der Waals surface area contributed by atoms with Crippen LogP contribution in [0.1, 0.15) is 24.8 Å². The Morgan fingerprint density at radius 3 is 2.74 bits per heavy atom. The predicted molar refractivity (Wildman–Crippen MR) is 153 cm³/mol. The number of anilines is 1. The number of nitrogens with zero attached hydrogens (tertiary/aromatic N) is 2. The second kappa shape index (κ2) is 15.6. The fraction of sp³-hybridized carbons (Fsp3) is 0.407. The predicted octanol–water partition coefficient (Wildman–Crippen LogP) is 1.71. The van der Waals surface area contributed by atoms with E-state index in [2.05, 4.69) is 38.5 Å². The van der Waals surface area contributed by atoms with Crippen LogP contribution in [0.15, 0.2) is 55.0 Å². The Labute approximate surface area is 228 Å². The molecule has 0 radical (unpaired) electrons. The van der Waals surface area contributed by atoms with Crippen LogP contribution in [0.3, 0.4) is 0 Å². The number of para-hydroxylation sites is 1. The van der Waals surface area contributed by atoms with Gasteiger partial charge in [0.25, 0.3) is 0 Å². The van der Waals surface area contributed by atoms with Gasteiger partial charge in [0.15, 0.2) is 0 Å². The van der Waals surface area contributed by atoms with Crippen LogP contribution in [0.4, 0.5) is 5.69 Å². The van der Waals surface area contributed by atoms with Gasteiger partial charge in [-0.2, -0.15) is 12.6 Å². The summed E-state index contributed by atoms with van der Waals surface area (Å²) in [6, 6.07) is 11.2. The number of hydrogen-bond acceptors (Lipinski definition) is 7. The number of pyridine rings is 1. The van der Waals surface area contributed by atoms with Gasteiger partial charge in [0.1, 0.15) is 0 Å². The number of aromatic amines is 1. The molecule has 2 heterocycles. The average Bonchev–Trinajstić information content (AvgIpc) is 3.35. The zero-order chi connectivity index (χ0) is 27.2. The van der Waals surface area contributed by atoms with Gasteiger partial charge in [0.05, 0.1) is 18.8 Å². The Bertz CT molecular complexity index is 1170. The number of hydrogen-bond donors (Lipinski definition) is 6. The number of benzene rings is 1. The molecule has 3 amide bonds. The highest BCUT2D eigenvalue weighted by Crippen LogP contribution is 2.18. The van der Waals surface area contributed by atoms with Crippen LogP contribution < -0.4 is 21.7 Å². The lowest BCUT2D eigenvalue weighted by Crippen LogP contribution is -2.47. The Balaban J connectivity index is 1.66. The standard InChI is InChI=1S/C27H37N7O3S/c28-10-3-5-21(15-25(35)30-12-14-38)33-26(36)19-34(27(37)18-31-22-6-4-11-29-17-22)13-9-20-16-32-24-8-2-1-7-23(20)24/h1-2,4,6-8,11,16-17,21,31-32,38H,3,5,9-10,12-15,18-19,28H2,(H,30,35)(H,33,36). The minimum atomic E-state index is -0.370. The van der Waals surface area contributed by atoms with Crippen LogP contribution in [0.5, 0.6) is 0 Å². The number of rotatable bonds is 16. The molecule has 0 aliphatic rings. The fourth-order valence-electron chi connectivity index (χ4n) is 4.17. The Morgan fingerprint density at radius 2 is 1.97 bits per heavy atom. The molecule has 0 saturated carbocycles. The van der Waals surface area contributed by atoms with Crippen molar-refractivity contribution < 1.29 is 14.4 Å². The van der Waals surface area contributed by atoms with Crippen molar-refractivity contribution in [2.45, 2.75) is 31.7 Å². The maximum atomic E-state index is 13.2. The van der Waals surface area contributed by atoms with E-state index in [1.54, 1.807) is 23.4 Å². The maximum Gasteiger partial charge on any atom is 0.242 e. The highest BCUT2D eigenvalue weighted by Gasteiger charge is 2.21. The highest BCUT2D eigenvalue weighted by molar-refractivity contribution is 7.80. The number of thiol groups is 1. The zero-order valence-corrected chi connectivity index (χ0v) is 22.4. The molecule has 0 spiro atoms. The van der Waals surface area contributed by atoms with Crippen molar-refractivity contribution in [1.29, 1.82) is 0 Å². The largest absolute Gasteiger partial charge is 0.375 e. The van der Waals surface area contributed by atoms with Crippen molar-refractivity contribution in [3.8, 4) is 0 Å². The van der Waals surface area contributed by atoms with Gasteiger partial charge in [-0.15, -0.1) is 0 Å². The van der Waals surface area contributed by atoms with Gasteiger partial charge in [0.2, 0.25) is 17.7 Å². The van der Waals surface area contributed by atoms with Gasteiger partial charge in [-0.05, 0) is 49.6 Å². The molecule has 1 aromatic carbocycles. The number of amides is 3. The third-order valence-corrected chi connectivity index (χ3v) is 6.33. The molecule has 0 aliphatic carbocycles. The lowest BCUT2D eigenvalue weighted by molar-refractivity contribution is -0.135. The molecule has 2 aromatic heterocycles. The van der Waals surface area contributed by atoms with Crippen LogP contribution in [-0.4, -0.2) is 77.1 Å². The molecule has 0 aliphatic heterocycles. The van der Waals surface area contributed by atoms with Crippen molar-refractivity contribution in [3.05, 3.63) is 60.6 Å². The van der Waals surface area contributed by atoms with E-state index < -0.39 is 0 Å². The van der Waals surface area contributed by atoms with Gasteiger partial charge in [0, 0.05) is 60.8 Å². The number of fused-ring (bicyclic) bond motifs is 1. The topological polar surface area (TPSA) is 145 Å². The number of aromatic nitrogens is 2. The number of nitrogens with one attached hydrogen (secondary N) is 4. The van der Waals surface area contributed by atoms with E-state index in [9.17, 15) is 14.4 Å². The van der Waals surface area contributed by atoms with E-state index >= 15 is 0 Å². The second-order valence-electron chi connectivity index (χ2n) is 8.99. The van der Waals surface area contributed by atoms with Crippen molar-refractivity contribution in [3.63, 3.8) is 0 Å². The molecule has 10 nitrogen and oxygen atoms in total. The molecule has 0 bridgehead atoms. The molecule has 1 atom stereocenters. The minimum absolute atomic E-state index is 0.0234. The average molecular weight is 540 g/mol. The van der Waals surface area contributed by atoms with Gasteiger partial charge in [-0.3, -0.25) is 19.4 Å². The molecular formula is C27H37N7O3S. The maximum absolute atomic E-state index is 13.2. The second-order valence-corrected chi connectivity index (χ2v) is 9.44. The van der Waals surface area contributed by atoms with Crippen molar-refractivity contribution in [2.24, 2.45) is 5.73 Å².